The lowest BCUT2D eigenvalue weighted by Gasteiger charge is -2.40. The summed E-state index contributed by atoms with van der Waals surface area (Å²) in [6.45, 7) is 3.48. The minimum Gasteiger partial charge on any atom is -0.394 e. The number of unbranched alkanes of at least 4 members (excludes halogenated alkanes) is 41. The molecule has 1 aliphatic heterocycles. The van der Waals surface area contributed by atoms with E-state index >= 15 is 0 Å². The van der Waals surface area contributed by atoms with Crippen LogP contribution >= 0.6 is 0 Å². The maximum Gasteiger partial charge on any atom is 0.249 e. The molecule has 9 atom stereocenters. The fourth-order valence-corrected chi connectivity index (χ4v) is 10.9. The van der Waals surface area contributed by atoms with E-state index in [4.69, 9.17) is 9.47 Å². The number of aliphatic hydroxyl groups excluding tert-OH is 7. The summed E-state index contributed by atoms with van der Waals surface area (Å²) in [5, 5.41) is 76.4. The first-order valence-corrected chi connectivity index (χ1v) is 33.9. The number of hydrogen-bond donors (Lipinski definition) is 8. The monoisotopic (exact) mass is 1120 g/mol. The molecule has 1 saturated heterocycles. The summed E-state index contributed by atoms with van der Waals surface area (Å²) in [5.41, 5.74) is 0. The fourth-order valence-electron chi connectivity index (χ4n) is 10.9. The molecule has 0 aromatic carbocycles. The van der Waals surface area contributed by atoms with Crippen molar-refractivity contribution in [2.75, 3.05) is 13.2 Å². The van der Waals surface area contributed by atoms with Gasteiger partial charge in [-0.25, -0.2) is 0 Å². The number of ether oxygens (including phenoxy) is 2. The Kier molecular flexibility index (Phi) is 54.2. The van der Waals surface area contributed by atoms with E-state index in [1.165, 1.54) is 238 Å². The molecule has 9 unspecified atom stereocenters. The SMILES string of the molecule is CCCCCCCCCCCCCC/C=C\CCCCCCCCCCCCCCCC(O)C(=O)NC(COC1OC(CO)C(O)C(O)C1O)C(O)C(O)CCC/C=C/CC/C=C/CCCCCCCCCCCCCCCC. The molecule has 1 amide bonds. The lowest BCUT2D eigenvalue weighted by Crippen LogP contribution is -2.60. The zero-order valence-corrected chi connectivity index (χ0v) is 51.4. The first-order valence-electron chi connectivity index (χ1n) is 33.9. The fraction of sp³-hybridized carbons (Fsp3) is 0.897. The molecule has 1 rings (SSSR count). The van der Waals surface area contributed by atoms with Gasteiger partial charge in [0.15, 0.2) is 6.29 Å². The molecule has 1 aliphatic rings. The average molecular weight is 1120 g/mol. The van der Waals surface area contributed by atoms with Crippen molar-refractivity contribution in [2.45, 2.75) is 377 Å². The predicted octanol–water partition coefficient (Wildman–Crippen LogP) is 15.8. The van der Waals surface area contributed by atoms with E-state index in [0.29, 0.717) is 19.3 Å². The molecule has 0 aromatic heterocycles. The van der Waals surface area contributed by atoms with E-state index in [1.807, 2.05) is 0 Å². The lowest BCUT2D eigenvalue weighted by atomic mass is 9.98. The van der Waals surface area contributed by atoms with Gasteiger partial charge in [0.25, 0.3) is 0 Å². The normalized spacial score (nSPS) is 19.5. The van der Waals surface area contributed by atoms with Gasteiger partial charge in [-0.15, -0.1) is 0 Å². The second-order valence-corrected chi connectivity index (χ2v) is 23.9. The zero-order chi connectivity index (χ0) is 57.5. The van der Waals surface area contributed by atoms with Gasteiger partial charge in [-0.05, 0) is 77.0 Å². The van der Waals surface area contributed by atoms with Gasteiger partial charge in [0.2, 0.25) is 5.91 Å². The molecule has 79 heavy (non-hydrogen) atoms. The second kappa shape index (κ2) is 56.8. The first-order chi connectivity index (χ1) is 38.7. The van der Waals surface area contributed by atoms with Gasteiger partial charge < -0.3 is 50.5 Å². The van der Waals surface area contributed by atoms with Gasteiger partial charge in [-0.2, -0.15) is 0 Å². The largest absolute Gasteiger partial charge is 0.394 e. The van der Waals surface area contributed by atoms with Crippen molar-refractivity contribution in [2.24, 2.45) is 0 Å². The van der Waals surface area contributed by atoms with E-state index in [0.717, 1.165) is 38.5 Å². The summed E-state index contributed by atoms with van der Waals surface area (Å²) in [6.07, 6.45) is 60.8. The van der Waals surface area contributed by atoms with Crippen molar-refractivity contribution >= 4 is 5.91 Å². The number of rotatable bonds is 59. The van der Waals surface area contributed by atoms with Crippen molar-refractivity contribution in [3.8, 4) is 0 Å². The number of carbonyl (C=O) groups is 1. The minimum absolute atomic E-state index is 0.247. The van der Waals surface area contributed by atoms with Crippen LogP contribution in [0.2, 0.25) is 0 Å². The van der Waals surface area contributed by atoms with Crippen LogP contribution in [0.4, 0.5) is 0 Å². The number of allylic oxidation sites excluding steroid dienone is 6. The average Bonchev–Trinajstić information content (AvgIpc) is 3.46. The minimum atomic E-state index is -1.67. The molecule has 11 nitrogen and oxygen atoms in total. The number of carbonyl (C=O) groups excluding carboxylic acids is 1. The van der Waals surface area contributed by atoms with E-state index in [-0.39, 0.29) is 12.8 Å². The standard InChI is InChI=1S/C68H129NO10/c1-3-5-7-9-11-13-15-17-19-21-23-25-27-28-29-30-31-32-34-36-38-40-42-44-46-48-50-52-54-56-61(72)67(77)69-59(58-78-68-66(76)65(75)64(74)62(57-70)79-68)63(73)60(71)55-53-51-49-47-45-43-41-39-37-35-33-26-24-22-20-18-16-14-12-10-8-6-4-2/h28-29,39,41,47,49,59-66,68,70-76H,3-27,30-38,40,42-46,48,50-58H2,1-2H3,(H,69,77)/b29-28-,41-39+,49-47+. The summed E-state index contributed by atoms with van der Waals surface area (Å²) in [6, 6.07) is -1.19. The maximum atomic E-state index is 13.2. The molecule has 11 heteroatoms. The van der Waals surface area contributed by atoms with Crippen molar-refractivity contribution in [1.29, 1.82) is 0 Å². The third-order valence-corrected chi connectivity index (χ3v) is 16.4. The maximum absolute atomic E-state index is 13.2. The highest BCUT2D eigenvalue weighted by atomic mass is 16.7. The number of hydrogen-bond acceptors (Lipinski definition) is 10. The van der Waals surface area contributed by atoms with Crippen LogP contribution < -0.4 is 5.32 Å². The topological polar surface area (TPSA) is 189 Å². The van der Waals surface area contributed by atoms with Gasteiger partial charge >= 0.3 is 0 Å². The van der Waals surface area contributed by atoms with Crippen LogP contribution in [-0.4, -0.2) is 110 Å². The first kappa shape index (κ1) is 75.3. The van der Waals surface area contributed by atoms with E-state index in [9.17, 15) is 40.5 Å². The molecule has 0 radical (unpaired) electrons. The predicted molar refractivity (Wildman–Crippen MR) is 330 cm³/mol. The number of aliphatic hydroxyl groups is 7. The Labute approximate surface area is 486 Å². The summed E-state index contributed by atoms with van der Waals surface area (Å²) >= 11 is 0. The third-order valence-electron chi connectivity index (χ3n) is 16.4. The smallest absolute Gasteiger partial charge is 0.249 e. The zero-order valence-electron chi connectivity index (χ0n) is 51.4. The molecule has 8 N–H and O–H groups in total. The molecule has 0 bridgehead atoms. The third kappa shape index (κ3) is 44.5. The van der Waals surface area contributed by atoms with Crippen molar-refractivity contribution < 1.29 is 50.0 Å². The molecule has 0 aromatic rings. The quantitative estimate of drug-likeness (QED) is 0.0215. The van der Waals surface area contributed by atoms with Crippen molar-refractivity contribution in [3.63, 3.8) is 0 Å². The molecule has 1 heterocycles. The van der Waals surface area contributed by atoms with Gasteiger partial charge in [-0.1, -0.05) is 281 Å². The molecule has 0 spiro atoms. The Hall–Kier alpha value is -1.67. The van der Waals surface area contributed by atoms with Gasteiger partial charge in [0.05, 0.1) is 25.4 Å². The van der Waals surface area contributed by atoms with E-state index in [2.05, 4.69) is 55.6 Å². The number of nitrogens with one attached hydrogen (secondary N) is 1. The van der Waals surface area contributed by atoms with Gasteiger partial charge in [0, 0.05) is 0 Å². The van der Waals surface area contributed by atoms with Crippen LogP contribution in [0.5, 0.6) is 0 Å². The highest BCUT2D eigenvalue weighted by Gasteiger charge is 2.44. The Morgan fingerprint density at radius 1 is 0.430 bits per heavy atom. The van der Waals surface area contributed by atoms with Crippen molar-refractivity contribution in [3.05, 3.63) is 36.5 Å². The number of amides is 1. The molecule has 466 valence electrons. The molecular weight excluding hydrogens is 991 g/mol. The van der Waals surface area contributed by atoms with E-state index < -0.39 is 74.2 Å². The van der Waals surface area contributed by atoms with Crippen LogP contribution in [0.1, 0.15) is 322 Å². The van der Waals surface area contributed by atoms with Crippen LogP contribution in [0.15, 0.2) is 36.5 Å². The van der Waals surface area contributed by atoms with Crippen molar-refractivity contribution in [1.82, 2.24) is 5.32 Å². The van der Waals surface area contributed by atoms with Crippen LogP contribution in [0.3, 0.4) is 0 Å². The molecule has 0 aliphatic carbocycles. The van der Waals surface area contributed by atoms with Crippen LogP contribution in [0.25, 0.3) is 0 Å². The molecular formula is C68H129NO10. The Balaban J connectivity index is 2.24. The summed E-state index contributed by atoms with van der Waals surface area (Å²) in [7, 11) is 0. The Bertz CT molecular complexity index is 1380. The molecule has 0 saturated carbocycles. The lowest BCUT2D eigenvalue weighted by molar-refractivity contribution is -0.303. The Morgan fingerprint density at radius 2 is 0.759 bits per heavy atom. The Morgan fingerprint density at radius 3 is 1.13 bits per heavy atom. The molecule has 1 fully saturated rings. The van der Waals surface area contributed by atoms with Gasteiger partial charge in [-0.3, -0.25) is 4.79 Å². The van der Waals surface area contributed by atoms with Gasteiger partial charge in [0.1, 0.15) is 36.6 Å². The van der Waals surface area contributed by atoms with Crippen LogP contribution in [0, 0.1) is 0 Å². The highest BCUT2D eigenvalue weighted by Crippen LogP contribution is 2.24. The van der Waals surface area contributed by atoms with Crippen LogP contribution in [-0.2, 0) is 14.3 Å². The summed E-state index contributed by atoms with van der Waals surface area (Å²) < 4.78 is 11.2. The summed E-state index contributed by atoms with van der Waals surface area (Å²) in [4.78, 5) is 13.2. The van der Waals surface area contributed by atoms with E-state index in [1.54, 1.807) is 0 Å². The summed E-state index contributed by atoms with van der Waals surface area (Å²) in [5.74, 6) is -0.706. The highest BCUT2D eigenvalue weighted by molar-refractivity contribution is 5.80. The second-order valence-electron chi connectivity index (χ2n) is 23.9.